The molecule has 1 rings (SSSR count). The fraction of sp³-hybridized carbons (Fsp3) is 0.714. The summed E-state index contributed by atoms with van der Waals surface area (Å²) in [6, 6.07) is 0.560. The van der Waals surface area contributed by atoms with E-state index in [1.54, 1.807) is 0 Å². The van der Waals surface area contributed by atoms with E-state index in [1.807, 2.05) is 11.8 Å². The third-order valence-electron chi connectivity index (χ3n) is 1.97. The Balaban J connectivity index is 2.65. The lowest BCUT2D eigenvalue weighted by Crippen LogP contribution is -2.27. The van der Waals surface area contributed by atoms with Crippen LogP contribution in [0.3, 0.4) is 0 Å². The molecular formula is C7H13NS. The highest BCUT2D eigenvalue weighted by atomic mass is 32.2. The van der Waals surface area contributed by atoms with Crippen molar-refractivity contribution in [3.63, 3.8) is 0 Å². The molecule has 2 unspecified atom stereocenters. The van der Waals surface area contributed by atoms with Crippen molar-refractivity contribution in [1.82, 2.24) is 4.90 Å². The smallest absolute Gasteiger partial charge is 0.0575 e. The van der Waals surface area contributed by atoms with E-state index >= 15 is 0 Å². The van der Waals surface area contributed by atoms with Crippen LogP contribution in [0.4, 0.5) is 0 Å². The Morgan fingerprint density at radius 1 is 1.56 bits per heavy atom. The lowest BCUT2D eigenvalue weighted by Gasteiger charge is -2.17. The van der Waals surface area contributed by atoms with Crippen molar-refractivity contribution in [3.8, 4) is 0 Å². The molecule has 1 nitrogen and oxygen atoms in total. The van der Waals surface area contributed by atoms with Crippen LogP contribution in [0.1, 0.15) is 13.8 Å². The molecule has 0 saturated carbocycles. The number of rotatable bonds is 0. The molecule has 0 N–H and O–H groups in total. The molecule has 0 spiro atoms. The van der Waals surface area contributed by atoms with E-state index in [1.165, 1.54) is 4.91 Å². The van der Waals surface area contributed by atoms with Gasteiger partial charge in [0.05, 0.1) is 5.37 Å². The van der Waals surface area contributed by atoms with Crippen LogP contribution in [-0.2, 0) is 0 Å². The SMILES string of the molecule is C=C1SC(C)N(C)C1C. The summed E-state index contributed by atoms with van der Waals surface area (Å²) >= 11 is 1.87. The first-order valence-corrected chi connectivity index (χ1v) is 4.08. The van der Waals surface area contributed by atoms with Gasteiger partial charge in [-0.3, -0.25) is 4.90 Å². The number of hydrogen-bond donors (Lipinski definition) is 0. The van der Waals surface area contributed by atoms with E-state index in [4.69, 9.17) is 0 Å². The normalized spacial score (nSPS) is 37.9. The molecule has 0 amide bonds. The maximum Gasteiger partial charge on any atom is 0.0575 e. The van der Waals surface area contributed by atoms with Crippen molar-refractivity contribution >= 4 is 11.8 Å². The fourth-order valence-corrected chi connectivity index (χ4v) is 2.09. The topological polar surface area (TPSA) is 3.24 Å². The summed E-state index contributed by atoms with van der Waals surface area (Å²) in [7, 11) is 2.14. The van der Waals surface area contributed by atoms with Crippen LogP contribution in [0, 0.1) is 0 Å². The van der Waals surface area contributed by atoms with Gasteiger partial charge >= 0.3 is 0 Å². The standard InChI is InChI=1S/C7H13NS/c1-5-6(2)9-7(3)8(5)4/h5,7H,2H2,1,3-4H3. The second-order valence-corrected chi connectivity index (χ2v) is 3.97. The monoisotopic (exact) mass is 143 g/mol. The van der Waals surface area contributed by atoms with E-state index in [0.717, 1.165) is 0 Å². The zero-order valence-electron chi connectivity index (χ0n) is 6.22. The minimum absolute atomic E-state index is 0.560. The molecule has 1 saturated heterocycles. The molecule has 1 heterocycles. The van der Waals surface area contributed by atoms with E-state index < -0.39 is 0 Å². The van der Waals surface area contributed by atoms with E-state index in [9.17, 15) is 0 Å². The van der Waals surface area contributed by atoms with Gasteiger partial charge in [-0.25, -0.2) is 0 Å². The highest BCUT2D eigenvalue weighted by Gasteiger charge is 2.27. The van der Waals surface area contributed by atoms with Crippen molar-refractivity contribution in [2.24, 2.45) is 0 Å². The fourth-order valence-electron chi connectivity index (χ4n) is 0.943. The van der Waals surface area contributed by atoms with Gasteiger partial charge in [0, 0.05) is 6.04 Å². The summed E-state index contributed by atoms with van der Waals surface area (Å²) in [6.45, 7) is 8.36. The molecule has 0 bridgehead atoms. The Kier molecular flexibility index (Phi) is 1.87. The van der Waals surface area contributed by atoms with Crippen LogP contribution in [0.25, 0.3) is 0 Å². The lowest BCUT2D eigenvalue weighted by molar-refractivity contribution is 0.303. The van der Waals surface area contributed by atoms with Crippen LogP contribution in [-0.4, -0.2) is 23.4 Å². The van der Waals surface area contributed by atoms with Crippen molar-refractivity contribution < 1.29 is 0 Å². The van der Waals surface area contributed by atoms with Crippen LogP contribution < -0.4 is 0 Å². The molecule has 0 aromatic rings. The predicted octanol–water partition coefficient (Wildman–Crippen LogP) is 1.91. The molecule has 2 atom stereocenters. The molecule has 52 valence electrons. The van der Waals surface area contributed by atoms with Crippen LogP contribution in [0.5, 0.6) is 0 Å². The van der Waals surface area contributed by atoms with Gasteiger partial charge in [0.2, 0.25) is 0 Å². The third kappa shape index (κ3) is 1.14. The van der Waals surface area contributed by atoms with Crippen molar-refractivity contribution in [2.45, 2.75) is 25.3 Å². The molecule has 0 aliphatic carbocycles. The molecule has 0 radical (unpaired) electrons. The second-order valence-electron chi connectivity index (χ2n) is 2.52. The van der Waals surface area contributed by atoms with Gasteiger partial charge in [0.25, 0.3) is 0 Å². The Morgan fingerprint density at radius 3 is 2.22 bits per heavy atom. The Hall–Kier alpha value is 0.0500. The van der Waals surface area contributed by atoms with Gasteiger partial charge < -0.3 is 0 Å². The third-order valence-corrected chi connectivity index (χ3v) is 3.29. The molecule has 0 aromatic heterocycles. The van der Waals surface area contributed by atoms with Gasteiger partial charge in [0.15, 0.2) is 0 Å². The first kappa shape index (κ1) is 7.16. The largest absolute Gasteiger partial charge is 0.287 e. The Bertz CT molecular complexity index is 133. The van der Waals surface area contributed by atoms with Gasteiger partial charge in [-0.05, 0) is 25.8 Å². The first-order valence-electron chi connectivity index (χ1n) is 3.20. The molecule has 0 aromatic carbocycles. The maximum absolute atomic E-state index is 3.96. The Labute approximate surface area is 61.1 Å². The lowest BCUT2D eigenvalue weighted by atomic mass is 10.3. The molecule has 9 heavy (non-hydrogen) atoms. The van der Waals surface area contributed by atoms with E-state index in [-0.39, 0.29) is 0 Å². The summed E-state index contributed by atoms with van der Waals surface area (Å²) in [4.78, 5) is 3.62. The van der Waals surface area contributed by atoms with Gasteiger partial charge in [-0.2, -0.15) is 0 Å². The molecule has 2 heteroatoms. The van der Waals surface area contributed by atoms with Crippen molar-refractivity contribution in [2.75, 3.05) is 7.05 Å². The van der Waals surface area contributed by atoms with E-state index in [2.05, 4.69) is 32.4 Å². The highest BCUT2D eigenvalue weighted by molar-refractivity contribution is 8.03. The molecule has 1 aliphatic rings. The summed E-state index contributed by atoms with van der Waals surface area (Å²) < 4.78 is 0. The van der Waals surface area contributed by atoms with Gasteiger partial charge in [-0.1, -0.05) is 6.58 Å². The second kappa shape index (κ2) is 2.35. The summed E-state index contributed by atoms with van der Waals surface area (Å²) in [5.74, 6) is 0. The number of thioether (sulfide) groups is 1. The van der Waals surface area contributed by atoms with Crippen LogP contribution >= 0.6 is 11.8 Å². The average Bonchev–Trinajstić information content (AvgIpc) is 1.98. The number of likely N-dealkylation sites (N-methyl/N-ethyl adjacent to an activating group) is 1. The minimum Gasteiger partial charge on any atom is -0.287 e. The van der Waals surface area contributed by atoms with Crippen LogP contribution in [0.2, 0.25) is 0 Å². The summed E-state index contributed by atoms with van der Waals surface area (Å²) in [5, 5.41) is 0.618. The molecule has 1 fully saturated rings. The maximum atomic E-state index is 3.96. The number of hydrogen-bond acceptors (Lipinski definition) is 2. The zero-order valence-corrected chi connectivity index (χ0v) is 7.03. The predicted molar refractivity (Wildman–Crippen MR) is 43.4 cm³/mol. The average molecular weight is 143 g/mol. The molecule has 1 aliphatic heterocycles. The summed E-state index contributed by atoms with van der Waals surface area (Å²) in [6.07, 6.45) is 0. The van der Waals surface area contributed by atoms with E-state index in [0.29, 0.717) is 11.4 Å². The van der Waals surface area contributed by atoms with Gasteiger partial charge in [0.1, 0.15) is 0 Å². The van der Waals surface area contributed by atoms with Crippen LogP contribution in [0.15, 0.2) is 11.5 Å². The Morgan fingerprint density at radius 2 is 2.11 bits per heavy atom. The van der Waals surface area contributed by atoms with Crippen molar-refractivity contribution in [1.29, 1.82) is 0 Å². The highest BCUT2D eigenvalue weighted by Crippen LogP contribution is 2.35. The van der Waals surface area contributed by atoms with Gasteiger partial charge in [-0.15, -0.1) is 11.8 Å². The quantitative estimate of drug-likeness (QED) is 0.509. The van der Waals surface area contributed by atoms with Crippen molar-refractivity contribution in [3.05, 3.63) is 11.5 Å². The minimum atomic E-state index is 0.560. The zero-order chi connectivity index (χ0) is 7.02. The molecular weight excluding hydrogens is 130 g/mol. The number of nitrogens with zero attached hydrogens (tertiary/aromatic N) is 1. The first-order chi connectivity index (χ1) is 4.13. The summed E-state index contributed by atoms with van der Waals surface area (Å²) in [5.41, 5.74) is 0.